The fourth-order valence-electron chi connectivity index (χ4n) is 1.87. The van der Waals surface area contributed by atoms with Crippen molar-refractivity contribution in [2.24, 2.45) is 0 Å². The Labute approximate surface area is 129 Å². The molecule has 1 heteroatoms. The molecule has 0 aliphatic heterocycles. The first kappa shape index (κ1) is 18.0. The molecular formula is C18H24Cr. The minimum atomic E-state index is 0. The van der Waals surface area contributed by atoms with E-state index >= 15 is 0 Å². The summed E-state index contributed by atoms with van der Waals surface area (Å²) in [5, 5.41) is 0. The van der Waals surface area contributed by atoms with Gasteiger partial charge in [-0.1, -0.05) is 87.4 Å². The molecule has 0 aliphatic rings. The smallest absolute Gasteiger partial charge is 0 e. The summed E-state index contributed by atoms with van der Waals surface area (Å²) >= 11 is 0. The van der Waals surface area contributed by atoms with Gasteiger partial charge >= 0.3 is 0 Å². The van der Waals surface area contributed by atoms with Crippen LogP contribution in [-0.2, 0) is 30.2 Å². The SMILES string of the molecule is CCCc1ccccc1.CCCc1ccccc1.[Cr]. The second kappa shape index (κ2) is 12.0. The van der Waals surface area contributed by atoms with Gasteiger partial charge < -0.3 is 0 Å². The first-order valence-electron chi connectivity index (χ1n) is 6.94. The molecule has 0 atom stereocenters. The number of hydrogen-bond donors (Lipinski definition) is 0. The molecular weight excluding hydrogens is 268 g/mol. The molecule has 19 heavy (non-hydrogen) atoms. The van der Waals surface area contributed by atoms with E-state index in [9.17, 15) is 0 Å². The Morgan fingerprint density at radius 3 is 1.16 bits per heavy atom. The molecule has 2 aromatic rings. The Hall–Kier alpha value is -1.03. The zero-order valence-corrected chi connectivity index (χ0v) is 13.3. The number of hydrogen-bond acceptors (Lipinski definition) is 0. The summed E-state index contributed by atoms with van der Waals surface area (Å²) < 4.78 is 0. The summed E-state index contributed by atoms with van der Waals surface area (Å²) in [6.45, 7) is 4.40. The molecule has 2 rings (SSSR count). The fraction of sp³-hybridized carbons (Fsp3) is 0.333. The van der Waals surface area contributed by atoms with Crippen molar-refractivity contribution in [1.82, 2.24) is 0 Å². The predicted octanol–water partition coefficient (Wildman–Crippen LogP) is 5.28. The van der Waals surface area contributed by atoms with Gasteiger partial charge in [-0.05, 0) is 24.0 Å². The van der Waals surface area contributed by atoms with Crippen molar-refractivity contribution >= 4 is 0 Å². The van der Waals surface area contributed by atoms with Gasteiger partial charge in [-0.2, -0.15) is 0 Å². The van der Waals surface area contributed by atoms with Gasteiger partial charge in [0.25, 0.3) is 0 Å². The van der Waals surface area contributed by atoms with E-state index in [-0.39, 0.29) is 17.4 Å². The van der Waals surface area contributed by atoms with Crippen LogP contribution in [0.5, 0.6) is 0 Å². The molecule has 0 bridgehead atoms. The van der Waals surface area contributed by atoms with Gasteiger partial charge in [0.1, 0.15) is 0 Å². The van der Waals surface area contributed by atoms with Gasteiger partial charge in [-0.3, -0.25) is 0 Å². The molecule has 0 aliphatic carbocycles. The first-order chi connectivity index (χ1) is 8.86. The minimum Gasteiger partial charge on any atom is -0.0651 e. The van der Waals surface area contributed by atoms with Crippen molar-refractivity contribution < 1.29 is 17.4 Å². The van der Waals surface area contributed by atoms with Crippen molar-refractivity contribution in [3.63, 3.8) is 0 Å². The third-order valence-corrected chi connectivity index (χ3v) is 2.76. The average molecular weight is 292 g/mol. The van der Waals surface area contributed by atoms with Crippen LogP contribution in [0.25, 0.3) is 0 Å². The van der Waals surface area contributed by atoms with Crippen molar-refractivity contribution in [2.45, 2.75) is 39.5 Å². The maximum atomic E-state index is 2.20. The molecule has 0 fully saturated rings. The summed E-state index contributed by atoms with van der Waals surface area (Å²) in [5.74, 6) is 0. The number of aryl methyl sites for hydroxylation is 2. The van der Waals surface area contributed by atoms with Crippen LogP contribution in [0.15, 0.2) is 60.7 Å². The van der Waals surface area contributed by atoms with Crippen LogP contribution < -0.4 is 0 Å². The van der Waals surface area contributed by atoms with Gasteiger partial charge in [-0.15, -0.1) is 0 Å². The maximum Gasteiger partial charge on any atom is 0 e. The van der Waals surface area contributed by atoms with Crippen LogP contribution in [-0.4, -0.2) is 0 Å². The van der Waals surface area contributed by atoms with Crippen LogP contribution in [0.4, 0.5) is 0 Å². The van der Waals surface area contributed by atoms with Gasteiger partial charge in [-0.25, -0.2) is 0 Å². The molecule has 2 aromatic carbocycles. The molecule has 0 radical (unpaired) electrons. The molecule has 0 nitrogen and oxygen atoms in total. The summed E-state index contributed by atoms with van der Waals surface area (Å²) in [7, 11) is 0. The summed E-state index contributed by atoms with van der Waals surface area (Å²) in [6, 6.07) is 21.1. The van der Waals surface area contributed by atoms with Crippen molar-refractivity contribution in [2.75, 3.05) is 0 Å². The Morgan fingerprint density at radius 1 is 0.579 bits per heavy atom. The van der Waals surface area contributed by atoms with Crippen LogP contribution in [0, 0.1) is 0 Å². The van der Waals surface area contributed by atoms with Crippen molar-refractivity contribution in [3.8, 4) is 0 Å². The third-order valence-electron chi connectivity index (χ3n) is 2.76. The Kier molecular flexibility index (Phi) is 11.4. The third kappa shape index (κ3) is 8.65. The molecule has 0 spiro atoms. The summed E-state index contributed by atoms with van der Waals surface area (Å²) in [5.41, 5.74) is 2.89. The summed E-state index contributed by atoms with van der Waals surface area (Å²) in [4.78, 5) is 0. The van der Waals surface area contributed by atoms with E-state index < -0.39 is 0 Å². The Bertz CT molecular complexity index is 353. The van der Waals surface area contributed by atoms with Gasteiger partial charge in [0, 0.05) is 17.4 Å². The molecule has 0 saturated heterocycles. The van der Waals surface area contributed by atoms with E-state index in [1.165, 1.54) is 36.8 Å². The average Bonchev–Trinajstić information content (AvgIpc) is 2.43. The fourth-order valence-corrected chi connectivity index (χ4v) is 1.87. The number of benzene rings is 2. The van der Waals surface area contributed by atoms with Crippen molar-refractivity contribution in [3.05, 3.63) is 71.8 Å². The summed E-state index contributed by atoms with van der Waals surface area (Å²) in [6.07, 6.45) is 4.90. The van der Waals surface area contributed by atoms with E-state index in [1.54, 1.807) is 0 Å². The van der Waals surface area contributed by atoms with E-state index in [0.717, 1.165) is 0 Å². The standard InChI is InChI=1S/2C9H12.Cr/c2*1-2-6-9-7-4-3-5-8-9;/h2*3-5,7-8H,2,6H2,1H3;. The largest absolute Gasteiger partial charge is 0.0651 e. The molecule has 0 amide bonds. The van der Waals surface area contributed by atoms with E-state index in [1.807, 2.05) is 0 Å². The minimum absolute atomic E-state index is 0. The quantitative estimate of drug-likeness (QED) is 0.719. The second-order valence-corrected chi connectivity index (χ2v) is 4.47. The molecule has 0 unspecified atom stereocenters. The zero-order chi connectivity index (χ0) is 13.1. The zero-order valence-electron chi connectivity index (χ0n) is 12.0. The topological polar surface area (TPSA) is 0 Å². The molecule has 0 heterocycles. The van der Waals surface area contributed by atoms with Crippen LogP contribution >= 0.6 is 0 Å². The Morgan fingerprint density at radius 2 is 0.895 bits per heavy atom. The van der Waals surface area contributed by atoms with Gasteiger partial charge in [0.05, 0.1) is 0 Å². The Balaban J connectivity index is 0.000000324. The predicted molar refractivity (Wildman–Crippen MR) is 80.9 cm³/mol. The first-order valence-corrected chi connectivity index (χ1v) is 6.94. The van der Waals surface area contributed by atoms with Crippen LogP contribution in [0.1, 0.15) is 37.8 Å². The van der Waals surface area contributed by atoms with E-state index in [0.29, 0.717) is 0 Å². The normalized spacial score (nSPS) is 8.95. The van der Waals surface area contributed by atoms with E-state index in [2.05, 4.69) is 74.5 Å². The number of rotatable bonds is 4. The van der Waals surface area contributed by atoms with Crippen LogP contribution in [0.2, 0.25) is 0 Å². The molecule has 102 valence electrons. The molecule has 0 N–H and O–H groups in total. The van der Waals surface area contributed by atoms with Gasteiger partial charge in [0.15, 0.2) is 0 Å². The van der Waals surface area contributed by atoms with E-state index in [4.69, 9.17) is 0 Å². The van der Waals surface area contributed by atoms with Crippen LogP contribution in [0.3, 0.4) is 0 Å². The van der Waals surface area contributed by atoms with Crippen molar-refractivity contribution in [1.29, 1.82) is 0 Å². The molecule has 0 aromatic heterocycles. The van der Waals surface area contributed by atoms with Gasteiger partial charge in [0.2, 0.25) is 0 Å². The maximum absolute atomic E-state index is 2.20. The molecule has 0 saturated carbocycles. The monoisotopic (exact) mass is 292 g/mol. The second-order valence-electron chi connectivity index (χ2n) is 4.47.